The standard InChI is InChI=1S/C13H15N5O5S/c1-2-3-7-8(11-16-15-6-22-11)4-5-9(24(14,20)21)10(7)12-17-18-13(19)23-12/h4-6,11,16H,2-3H2,1H3,(H,18,19)(H2,14,20,21). The van der Waals surface area contributed by atoms with Crippen LogP contribution in [-0.2, 0) is 21.2 Å². The van der Waals surface area contributed by atoms with Crippen LogP contribution >= 0.6 is 0 Å². The minimum absolute atomic E-state index is 0.145. The molecule has 0 saturated heterocycles. The van der Waals surface area contributed by atoms with Gasteiger partial charge >= 0.3 is 5.76 Å². The van der Waals surface area contributed by atoms with Crippen LogP contribution in [0.25, 0.3) is 11.5 Å². The predicted octanol–water partition coefficient (Wildman–Crippen LogP) is 0.191. The van der Waals surface area contributed by atoms with Crippen LogP contribution in [-0.4, -0.2) is 25.0 Å². The molecule has 0 aliphatic carbocycles. The van der Waals surface area contributed by atoms with Gasteiger partial charge in [0.1, 0.15) is 0 Å². The zero-order valence-corrected chi connectivity index (χ0v) is 13.5. The minimum atomic E-state index is -4.06. The van der Waals surface area contributed by atoms with Crippen molar-refractivity contribution in [2.75, 3.05) is 0 Å². The average molecular weight is 353 g/mol. The molecule has 0 fully saturated rings. The quantitative estimate of drug-likeness (QED) is 0.693. The van der Waals surface area contributed by atoms with Crippen LogP contribution in [0.5, 0.6) is 0 Å². The normalized spacial score (nSPS) is 16.8. The molecule has 10 nitrogen and oxygen atoms in total. The van der Waals surface area contributed by atoms with E-state index in [-0.39, 0.29) is 16.3 Å². The molecule has 2 heterocycles. The Bertz CT molecular complexity index is 938. The van der Waals surface area contributed by atoms with E-state index < -0.39 is 22.0 Å². The summed E-state index contributed by atoms with van der Waals surface area (Å²) in [5.41, 5.74) is 4.16. The number of aromatic nitrogens is 2. The Kier molecular flexibility index (Phi) is 4.11. The molecule has 3 rings (SSSR count). The first-order valence-electron chi connectivity index (χ1n) is 7.08. The predicted molar refractivity (Wildman–Crippen MR) is 83.4 cm³/mol. The fourth-order valence-corrected chi connectivity index (χ4v) is 3.33. The number of ether oxygens (including phenoxy) is 1. The van der Waals surface area contributed by atoms with Crippen molar-refractivity contribution < 1.29 is 17.6 Å². The summed E-state index contributed by atoms with van der Waals surface area (Å²) in [6, 6.07) is 2.92. The van der Waals surface area contributed by atoms with Crippen LogP contribution in [0.2, 0.25) is 0 Å². The molecule has 1 unspecified atom stereocenters. The number of nitrogens with two attached hydrogens (primary N) is 1. The van der Waals surface area contributed by atoms with Crippen molar-refractivity contribution in [3.8, 4) is 11.5 Å². The number of nitrogens with one attached hydrogen (secondary N) is 2. The fraction of sp³-hybridized carbons (Fsp3) is 0.308. The van der Waals surface area contributed by atoms with Gasteiger partial charge in [0.25, 0.3) is 5.89 Å². The molecule has 2 aromatic rings. The van der Waals surface area contributed by atoms with Crippen molar-refractivity contribution >= 4 is 16.4 Å². The first-order chi connectivity index (χ1) is 11.4. The number of nitrogens with zero attached hydrogens (tertiary/aromatic N) is 2. The van der Waals surface area contributed by atoms with Crippen molar-refractivity contribution in [3.05, 3.63) is 33.8 Å². The van der Waals surface area contributed by atoms with E-state index in [1.54, 1.807) is 6.07 Å². The van der Waals surface area contributed by atoms with Crippen molar-refractivity contribution in [2.45, 2.75) is 30.9 Å². The molecule has 0 amide bonds. The topological polar surface area (TPSA) is 153 Å². The highest BCUT2D eigenvalue weighted by atomic mass is 32.2. The second-order valence-electron chi connectivity index (χ2n) is 5.10. The third kappa shape index (κ3) is 2.90. The van der Waals surface area contributed by atoms with Crippen molar-refractivity contribution in [3.63, 3.8) is 0 Å². The average Bonchev–Trinajstić information content (AvgIpc) is 3.17. The molecular formula is C13H15N5O5S. The highest BCUT2D eigenvalue weighted by Crippen LogP contribution is 2.35. The van der Waals surface area contributed by atoms with Crippen molar-refractivity contribution in [1.29, 1.82) is 0 Å². The second-order valence-corrected chi connectivity index (χ2v) is 6.63. The Morgan fingerprint density at radius 2 is 2.17 bits per heavy atom. The molecule has 0 spiro atoms. The first kappa shape index (κ1) is 16.2. The van der Waals surface area contributed by atoms with Gasteiger partial charge in [-0.05, 0) is 18.1 Å². The fourth-order valence-electron chi connectivity index (χ4n) is 2.58. The van der Waals surface area contributed by atoms with Gasteiger partial charge in [-0.1, -0.05) is 19.4 Å². The van der Waals surface area contributed by atoms with E-state index in [2.05, 4.69) is 20.7 Å². The molecule has 4 N–H and O–H groups in total. The largest absolute Gasteiger partial charge is 0.453 e. The van der Waals surface area contributed by atoms with Gasteiger partial charge in [-0.25, -0.2) is 23.4 Å². The SMILES string of the molecule is CCCc1c(C2NN=CO2)ccc(S(N)(=O)=O)c1-c1n[nH]c(=O)o1. The lowest BCUT2D eigenvalue weighted by molar-refractivity contribution is 0.198. The Hall–Kier alpha value is -2.66. The molecule has 0 radical (unpaired) electrons. The number of primary sulfonamides is 1. The highest BCUT2D eigenvalue weighted by Gasteiger charge is 2.28. The van der Waals surface area contributed by atoms with E-state index in [1.165, 1.54) is 12.5 Å². The summed E-state index contributed by atoms with van der Waals surface area (Å²) in [6.07, 6.45) is 1.87. The Morgan fingerprint density at radius 3 is 2.71 bits per heavy atom. The lowest BCUT2D eigenvalue weighted by Crippen LogP contribution is -2.18. The minimum Gasteiger partial charge on any atom is -0.453 e. The Morgan fingerprint density at radius 1 is 1.38 bits per heavy atom. The summed E-state index contributed by atoms with van der Waals surface area (Å²) in [5.74, 6) is -0.940. The van der Waals surface area contributed by atoms with Gasteiger partial charge in [-0.15, -0.1) is 10.2 Å². The van der Waals surface area contributed by atoms with Gasteiger partial charge in [0.2, 0.25) is 16.3 Å². The Balaban J connectivity index is 2.30. The second kappa shape index (κ2) is 6.09. The van der Waals surface area contributed by atoms with E-state index in [0.29, 0.717) is 24.0 Å². The maximum atomic E-state index is 12.0. The number of aromatic amines is 1. The lowest BCUT2D eigenvalue weighted by atomic mass is 9.96. The number of H-pyrrole nitrogens is 1. The molecule has 24 heavy (non-hydrogen) atoms. The molecule has 0 saturated carbocycles. The lowest BCUT2D eigenvalue weighted by Gasteiger charge is -2.19. The summed E-state index contributed by atoms with van der Waals surface area (Å²) in [4.78, 5) is 11.1. The monoisotopic (exact) mass is 353 g/mol. The van der Waals surface area contributed by atoms with E-state index in [4.69, 9.17) is 14.3 Å². The summed E-state index contributed by atoms with van der Waals surface area (Å²) < 4.78 is 34.3. The molecule has 1 aromatic carbocycles. The van der Waals surface area contributed by atoms with Crippen molar-refractivity contribution in [2.24, 2.45) is 10.2 Å². The van der Waals surface area contributed by atoms with Gasteiger partial charge in [0.05, 0.1) is 10.5 Å². The summed E-state index contributed by atoms with van der Waals surface area (Å²) in [7, 11) is -4.06. The number of rotatable bonds is 5. The number of hydrazone groups is 1. The zero-order chi connectivity index (χ0) is 17.3. The first-order valence-corrected chi connectivity index (χ1v) is 8.63. The zero-order valence-electron chi connectivity index (χ0n) is 12.6. The maximum absolute atomic E-state index is 12.0. The van der Waals surface area contributed by atoms with Crippen LogP contribution in [0.1, 0.15) is 30.7 Å². The number of sulfonamides is 1. The van der Waals surface area contributed by atoms with E-state index in [1.807, 2.05) is 6.92 Å². The summed E-state index contributed by atoms with van der Waals surface area (Å²) in [6.45, 7) is 1.93. The summed E-state index contributed by atoms with van der Waals surface area (Å²) in [5, 5.41) is 15.0. The molecule has 1 atom stereocenters. The van der Waals surface area contributed by atoms with Crippen LogP contribution < -0.4 is 16.3 Å². The third-order valence-electron chi connectivity index (χ3n) is 3.49. The summed E-state index contributed by atoms with van der Waals surface area (Å²) >= 11 is 0. The third-order valence-corrected chi connectivity index (χ3v) is 4.45. The molecule has 1 aromatic heterocycles. The smallest absolute Gasteiger partial charge is 0.434 e. The Labute approximate surface area is 136 Å². The van der Waals surface area contributed by atoms with Crippen LogP contribution in [0, 0.1) is 0 Å². The van der Waals surface area contributed by atoms with Crippen LogP contribution in [0.4, 0.5) is 0 Å². The van der Waals surface area contributed by atoms with E-state index >= 15 is 0 Å². The highest BCUT2D eigenvalue weighted by molar-refractivity contribution is 7.89. The van der Waals surface area contributed by atoms with Crippen molar-refractivity contribution in [1.82, 2.24) is 15.6 Å². The maximum Gasteiger partial charge on any atom is 0.434 e. The van der Waals surface area contributed by atoms with Gasteiger partial charge in [-0.2, -0.15) is 0 Å². The molecule has 0 bridgehead atoms. The number of hydrogen-bond acceptors (Lipinski definition) is 8. The van der Waals surface area contributed by atoms with Gasteiger partial charge in [-0.3, -0.25) is 5.43 Å². The number of hydrogen-bond donors (Lipinski definition) is 3. The van der Waals surface area contributed by atoms with Gasteiger partial charge in [0, 0.05) is 5.56 Å². The number of benzene rings is 1. The van der Waals surface area contributed by atoms with Gasteiger partial charge < -0.3 is 9.15 Å². The van der Waals surface area contributed by atoms with E-state index in [0.717, 1.165) is 0 Å². The molecule has 11 heteroatoms. The van der Waals surface area contributed by atoms with Gasteiger partial charge in [0.15, 0.2) is 6.40 Å². The molecular weight excluding hydrogens is 338 g/mol. The molecule has 128 valence electrons. The van der Waals surface area contributed by atoms with Crippen LogP contribution in [0.15, 0.2) is 31.3 Å². The molecule has 1 aliphatic rings. The van der Waals surface area contributed by atoms with E-state index in [9.17, 15) is 13.2 Å². The van der Waals surface area contributed by atoms with Crippen LogP contribution in [0.3, 0.4) is 0 Å². The molecule has 1 aliphatic heterocycles.